The molecule has 1 aliphatic rings. The molecule has 86 valence electrons. The van der Waals surface area contributed by atoms with Gasteiger partial charge in [-0.3, -0.25) is 5.32 Å². The summed E-state index contributed by atoms with van der Waals surface area (Å²) in [6.45, 7) is 4.38. The second-order valence-corrected chi connectivity index (χ2v) is 3.69. The van der Waals surface area contributed by atoms with Crippen LogP contribution in [0.15, 0.2) is 18.2 Å². The summed E-state index contributed by atoms with van der Waals surface area (Å²) in [6.07, 6.45) is 0. The molecule has 0 radical (unpaired) electrons. The van der Waals surface area contributed by atoms with Gasteiger partial charge < -0.3 is 9.64 Å². The highest BCUT2D eigenvalue weighted by atomic mass is 16.5. The fourth-order valence-corrected chi connectivity index (χ4v) is 1.57. The van der Waals surface area contributed by atoms with Gasteiger partial charge in [-0.15, -0.1) is 0 Å². The number of carbonyl (C=O) groups excluding carboxylic acids is 1. The summed E-state index contributed by atoms with van der Waals surface area (Å²) in [4.78, 5) is 17.7. The van der Waals surface area contributed by atoms with Crippen molar-refractivity contribution >= 4 is 11.8 Å². The summed E-state index contributed by atoms with van der Waals surface area (Å²) in [7, 11) is 0. The molecule has 0 unspecified atom stereocenters. The molecule has 0 atom stereocenters. The van der Waals surface area contributed by atoms with Gasteiger partial charge in [0.05, 0.1) is 13.2 Å². The van der Waals surface area contributed by atoms with E-state index in [2.05, 4.69) is 10.3 Å². The van der Waals surface area contributed by atoms with Gasteiger partial charge in [0.25, 0.3) is 0 Å². The number of nitrogens with one attached hydrogen (secondary N) is 1. The van der Waals surface area contributed by atoms with Crippen molar-refractivity contribution < 1.29 is 9.53 Å². The first-order valence-corrected chi connectivity index (χ1v) is 5.33. The predicted molar refractivity (Wildman–Crippen MR) is 60.4 cm³/mol. The molecule has 5 heteroatoms. The first-order chi connectivity index (χ1) is 7.75. The number of ether oxygens (including phenoxy) is 1. The normalized spacial score (nSPS) is 15.9. The van der Waals surface area contributed by atoms with E-state index in [0.717, 1.165) is 5.69 Å². The summed E-state index contributed by atoms with van der Waals surface area (Å²) in [5, 5.41) is 2.77. The van der Waals surface area contributed by atoms with Crippen molar-refractivity contribution in [2.45, 2.75) is 6.92 Å². The third kappa shape index (κ3) is 2.70. The van der Waals surface area contributed by atoms with Gasteiger partial charge in [-0.2, -0.15) is 0 Å². The Hall–Kier alpha value is -1.62. The van der Waals surface area contributed by atoms with E-state index in [0.29, 0.717) is 32.1 Å². The van der Waals surface area contributed by atoms with Gasteiger partial charge in [0, 0.05) is 18.8 Å². The maximum Gasteiger partial charge on any atom is 0.323 e. The van der Waals surface area contributed by atoms with Gasteiger partial charge >= 0.3 is 6.03 Å². The lowest BCUT2D eigenvalue weighted by atomic mass is 10.4. The smallest absolute Gasteiger partial charge is 0.323 e. The maximum atomic E-state index is 11.8. The number of aryl methyl sites for hydroxylation is 1. The van der Waals surface area contributed by atoms with Crippen LogP contribution in [-0.2, 0) is 4.74 Å². The summed E-state index contributed by atoms with van der Waals surface area (Å²) in [5.74, 6) is 0.594. The van der Waals surface area contributed by atoms with Crippen molar-refractivity contribution in [2.24, 2.45) is 0 Å². The number of pyridine rings is 1. The highest BCUT2D eigenvalue weighted by Crippen LogP contribution is 2.06. The average molecular weight is 221 g/mol. The topological polar surface area (TPSA) is 54.5 Å². The van der Waals surface area contributed by atoms with E-state index in [-0.39, 0.29) is 6.03 Å². The third-order valence-electron chi connectivity index (χ3n) is 2.42. The van der Waals surface area contributed by atoms with Crippen LogP contribution in [-0.4, -0.2) is 42.2 Å². The Balaban J connectivity index is 1.96. The molecule has 2 heterocycles. The van der Waals surface area contributed by atoms with E-state index in [1.54, 1.807) is 11.0 Å². The standard InChI is InChI=1S/C11H15N3O2/c1-9-3-2-4-10(12-9)13-11(15)14-5-7-16-8-6-14/h2-4H,5-8H2,1H3,(H,12,13,15). The quantitative estimate of drug-likeness (QED) is 0.776. The molecule has 0 saturated carbocycles. The number of nitrogens with zero attached hydrogens (tertiary/aromatic N) is 2. The third-order valence-corrected chi connectivity index (χ3v) is 2.42. The molecule has 5 nitrogen and oxygen atoms in total. The van der Waals surface area contributed by atoms with Crippen LogP contribution >= 0.6 is 0 Å². The van der Waals surface area contributed by atoms with Gasteiger partial charge in [0.15, 0.2) is 0 Å². The van der Waals surface area contributed by atoms with E-state index in [4.69, 9.17) is 4.74 Å². The molecule has 2 amide bonds. The SMILES string of the molecule is Cc1cccc(NC(=O)N2CCOCC2)n1. The van der Waals surface area contributed by atoms with Crippen molar-refractivity contribution in [2.75, 3.05) is 31.6 Å². The number of rotatable bonds is 1. The second kappa shape index (κ2) is 4.94. The molecule has 1 N–H and O–H groups in total. The number of aromatic nitrogens is 1. The first-order valence-electron chi connectivity index (χ1n) is 5.33. The molecule has 1 aromatic heterocycles. The van der Waals surface area contributed by atoms with Crippen LogP contribution in [0.3, 0.4) is 0 Å². The molecule has 16 heavy (non-hydrogen) atoms. The number of hydrogen-bond acceptors (Lipinski definition) is 3. The van der Waals surface area contributed by atoms with Crippen LogP contribution in [0, 0.1) is 6.92 Å². The number of morpholine rings is 1. The van der Waals surface area contributed by atoms with Crippen LogP contribution in [0.2, 0.25) is 0 Å². The van der Waals surface area contributed by atoms with Crippen LogP contribution in [0.4, 0.5) is 10.6 Å². The molecule has 0 spiro atoms. The number of carbonyl (C=O) groups is 1. The molecular weight excluding hydrogens is 206 g/mol. The highest BCUT2D eigenvalue weighted by Gasteiger charge is 2.16. The van der Waals surface area contributed by atoms with E-state index in [1.165, 1.54) is 0 Å². The van der Waals surface area contributed by atoms with E-state index >= 15 is 0 Å². The number of anilines is 1. The molecule has 1 saturated heterocycles. The van der Waals surface area contributed by atoms with Crippen LogP contribution < -0.4 is 5.32 Å². The fourth-order valence-electron chi connectivity index (χ4n) is 1.57. The van der Waals surface area contributed by atoms with Crippen molar-refractivity contribution in [3.63, 3.8) is 0 Å². The van der Waals surface area contributed by atoms with Crippen LogP contribution in [0.1, 0.15) is 5.69 Å². The average Bonchev–Trinajstić information content (AvgIpc) is 2.30. The lowest BCUT2D eigenvalue weighted by Gasteiger charge is -2.26. The van der Waals surface area contributed by atoms with Crippen molar-refractivity contribution in [1.29, 1.82) is 0 Å². The minimum Gasteiger partial charge on any atom is -0.378 e. The maximum absolute atomic E-state index is 11.8. The molecule has 0 aromatic carbocycles. The molecule has 1 fully saturated rings. The van der Waals surface area contributed by atoms with E-state index in [1.807, 2.05) is 19.1 Å². The molecular formula is C11H15N3O2. The molecule has 0 bridgehead atoms. The van der Waals surface area contributed by atoms with Crippen LogP contribution in [0.25, 0.3) is 0 Å². The Bertz CT molecular complexity index is 375. The molecule has 2 rings (SSSR count). The van der Waals surface area contributed by atoms with Crippen LogP contribution in [0.5, 0.6) is 0 Å². The zero-order valence-corrected chi connectivity index (χ0v) is 9.27. The summed E-state index contributed by atoms with van der Waals surface area (Å²) in [6, 6.07) is 5.44. The van der Waals surface area contributed by atoms with Gasteiger partial charge in [-0.05, 0) is 19.1 Å². The van der Waals surface area contributed by atoms with Gasteiger partial charge in [-0.1, -0.05) is 6.07 Å². The Morgan fingerprint density at radius 3 is 2.88 bits per heavy atom. The molecule has 1 aliphatic heterocycles. The monoisotopic (exact) mass is 221 g/mol. The van der Waals surface area contributed by atoms with Gasteiger partial charge in [0.1, 0.15) is 5.82 Å². The lowest BCUT2D eigenvalue weighted by Crippen LogP contribution is -2.43. The Morgan fingerprint density at radius 1 is 1.44 bits per heavy atom. The number of amides is 2. The zero-order valence-electron chi connectivity index (χ0n) is 9.27. The van der Waals surface area contributed by atoms with E-state index < -0.39 is 0 Å². The predicted octanol–water partition coefficient (Wildman–Crippen LogP) is 1.25. The second-order valence-electron chi connectivity index (χ2n) is 3.69. The summed E-state index contributed by atoms with van der Waals surface area (Å²) >= 11 is 0. The summed E-state index contributed by atoms with van der Waals surface area (Å²) in [5.41, 5.74) is 0.889. The van der Waals surface area contributed by atoms with Gasteiger partial charge in [0.2, 0.25) is 0 Å². The fraction of sp³-hybridized carbons (Fsp3) is 0.455. The molecule has 0 aliphatic carbocycles. The van der Waals surface area contributed by atoms with Gasteiger partial charge in [-0.25, -0.2) is 9.78 Å². The lowest BCUT2D eigenvalue weighted by molar-refractivity contribution is 0.0564. The van der Waals surface area contributed by atoms with Crippen molar-refractivity contribution in [1.82, 2.24) is 9.88 Å². The number of hydrogen-bond donors (Lipinski definition) is 1. The molecule has 1 aromatic rings. The first kappa shape index (κ1) is 10.9. The minimum atomic E-state index is -0.110. The Morgan fingerprint density at radius 2 is 2.19 bits per heavy atom. The van der Waals surface area contributed by atoms with E-state index in [9.17, 15) is 4.79 Å². The number of urea groups is 1. The Kier molecular flexibility index (Phi) is 3.36. The Labute approximate surface area is 94.4 Å². The minimum absolute atomic E-state index is 0.110. The highest BCUT2D eigenvalue weighted by molar-refractivity contribution is 5.88. The zero-order chi connectivity index (χ0) is 11.4. The summed E-state index contributed by atoms with van der Waals surface area (Å²) < 4.78 is 5.18. The van der Waals surface area contributed by atoms with Crippen molar-refractivity contribution in [3.05, 3.63) is 23.9 Å². The van der Waals surface area contributed by atoms with Crippen molar-refractivity contribution in [3.8, 4) is 0 Å². The largest absolute Gasteiger partial charge is 0.378 e.